The summed E-state index contributed by atoms with van der Waals surface area (Å²) in [6, 6.07) is 17.8. The molecule has 0 bridgehead atoms. The van der Waals surface area contributed by atoms with Crippen molar-refractivity contribution in [2.45, 2.75) is 38.1 Å². The molecule has 1 atom stereocenters. The molecule has 136 valence electrons. The molecule has 0 aromatic heterocycles. The van der Waals surface area contributed by atoms with Gasteiger partial charge in [0.15, 0.2) is 0 Å². The fourth-order valence-corrected chi connectivity index (χ4v) is 2.81. The molecule has 0 unspecified atom stereocenters. The van der Waals surface area contributed by atoms with Crippen molar-refractivity contribution >= 4 is 17.6 Å². The van der Waals surface area contributed by atoms with Gasteiger partial charge in [-0.15, -0.1) is 0 Å². The van der Waals surface area contributed by atoms with Crippen LogP contribution in [0.3, 0.4) is 0 Å². The van der Waals surface area contributed by atoms with E-state index in [4.69, 9.17) is 5.73 Å². The molecule has 2 aromatic carbocycles. The molecule has 5 heteroatoms. The van der Waals surface area contributed by atoms with Gasteiger partial charge in [0.1, 0.15) is 11.8 Å². The number of amides is 2. The van der Waals surface area contributed by atoms with Crippen LogP contribution in [-0.4, -0.2) is 23.6 Å². The smallest absolute Gasteiger partial charge is 0.240 e. The normalized spacial score (nSPS) is 11.8. The maximum Gasteiger partial charge on any atom is 0.240 e. The zero-order chi connectivity index (χ0) is 18.9. The molecular weight excluding hydrogens is 328 g/mol. The van der Waals surface area contributed by atoms with Gasteiger partial charge in [0.2, 0.25) is 11.8 Å². The van der Waals surface area contributed by atoms with E-state index in [0.29, 0.717) is 6.42 Å². The standard InChI is InChI=1S/C21H24N2O3/c1-2-17(24)13-14-18(20(22)25)23-21(26)19(15-9-5-3-6-10-15)16-11-7-4-8-12-16/h3-12,18-19H,2,13-14H2,1H3,(H2,22,25)(H,23,26)/t18-/m1/s1. The number of rotatable bonds is 9. The molecule has 3 N–H and O–H groups in total. The minimum atomic E-state index is -0.868. The van der Waals surface area contributed by atoms with Crippen molar-refractivity contribution in [2.75, 3.05) is 0 Å². The number of hydrogen-bond donors (Lipinski definition) is 2. The number of primary amides is 1. The van der Waals surface area contributed by atoms with Crippen molar-refractivity contribution in [1.29, 1.82) is 0 Å². The molecule has 0 aliphatic carbocycles. The first-order valence-corrected chi connectivity index (χ1v) is 8.74. The molecule has 0 aliphatic heterocycles. The number of ketones is 1. The van der Waals surface area contributed by atoms with Gasteiger partial charge in [-0.1, -0.05) is 67.6 Å². The largest absolute Gasteiger partial charge is 0.368 e. The molecule has 0 spiro atoms. The molecule has 0 aliphatic rings. The van der Waals surface area contributed by atoms with E-state index >= 15 is 0 Å². The SMILES string of the molecule is CCC(=O)CC[C@@H](NC(=O)C(c1ccccc1)c1ccccc1)C(N)=O. The summed E-state index contributed by atoms with van der Waals surface area (Å²) in [6.07, 6.45) is 0.825. The van der Waals surface area contributed by atoms with Gasteiger partial charge in [-0.25, -0.2) is 0 Å². The van der Waals surface area contributed by atoms with Crippen molar-refractivity contribution in [3.8, 4) is 0 Å². The first kappa shape index (κ1) is 19.4. The third-order valence-corrected chi connectivity index (χ3v) is 4.29. The summed E-state index contributed by atoms with van der Waals surface area (Å²) in [5, 5.41) is 2.73. The van der Waals surface area contributed by atoms with Crippen LogP contribution in [0.15, 0.2) is 60.7 Å². The highest BCUT2D eigenvalue weighted by Crippen LogP contribution is 2.25. The van der Waals surface area contributed by atoms with Gasteiger partial charge in [0, 0.05) is 12.8 Å². The van der Waals surface area contributed by atoms with Gasteiger partial charge >= 0.3 is 0 Å². The zero-order valence-electron chi connectivity index (χ0n) is 14.9. The third-order valence-electron chi connectivity index (χ3n) is 4.29. The summed E-state index contributed by atoms with van der Waals surface area (Å²) < 4.78 is 0. The minimum Gasteiger partial charge on any atom is -0.368 e. The number of nitrogens with one attached hydrogen (secondary N) is 1. The lowest BCUT2D eigenvalue weighted by atomic mass is 9.90. The van der Waals surface area contributed by atoms with Gasteiger partial charge in [-0.3, -0.25) is 14.4 Å². The quantitative estimate of drug-likeness (QED) is 0.727. The van der Waals surface area contributed by atoms with E-state index < -0.39 is 17.9 Å². The average Bonchev–Trinajstić information content (AvgIpc) is 2.66. The lowest BCUT2D eigenvalue weighted by Gasteiger charge is -2.21. The van der Waals surface area contributed by atoms with E-state index in [1.165, 1.54) is 0 Å². The number of nitrogens with two attached hydrogens (primary N) is 1. The topological polar surface area (TPSA) is 89.3 Å². The van der Waals surface area contributed by atoms with Crippen LogP contribution in [0.5, 0.6) is 0 Å². The molecule has 0 heterocycles. The van der Waals surface area contributed by atoms with Gasteiger partial charge in [0.25, 0.3) is 0 Å². The summed E-state index contributed by atoms with van der Waals surface area (Å²) in [5.74, 6) is -1.47. The number of carbonyl (C=O) groups is 3. The second kappa shape index (κ2) is 9.51. The predicted octanol–water partition coefficient (Wildman–Crippen LogP) is 2.55. The van der Waals surface area contributed by atoms with E-state index in [0.717, 1.165) is 11.1 Å². The summed E-state index contributed by atoms with van der Waals surface area (Å²) in [4.78, 5) is 36.2. The lowest BCUT2D eigenvalue weighted by molar-refractivity contribution is -0.128. The molecule has 26 heavy (non-hydrogen) atoms. The fraction of sp³-hybridized carbons (Fsp3) is 0.286. The van der Waals surface area contributed by atoms with Crippen LogP contribution in [0, 0.1) is 0 Å². The Morgan fingerprint density at radius 2 is 1.42 bits per heavy atom. The van der Waals surface area contributed by atoms with Gasteiger partial charge in [0.05, 0.1) is 5.92 Å². The summed E-state index contributed by atoms with van der Waals surface area (Å²) >= 11 is 0. The predicted molar refractivity (Wildman–Crippen MR) is 100 cm³/mol. The van der Waals surface area contributed by atoms with Crippen molar-refractivity contribution in [3.05, 3.63) is 71.8 Å². The summed E-state index contributed by atoms with van der Waals surface area (Å²) in [5.41, 5.74) is 7.07. The van der Waals surface area contributed by atoms with Crippen molar-refractivity contribution in [1.82, 2.24) is 5.32 Å². The number of carbonyl (C=O) groups excluding carboxylic acids is 3. The highest BCUT2D eigenvalue weighted by Gasteiger charge is 2.27. The number of Topliss-reactive ketones (excluding diaryl/α,β-unsaturated/α-hetero) is 1. The average molecular weight is 352 g/mol. The van der Waals surface area contributed by atoms with Crippen LogP contribution in [0.1, 0.15) is 43.2 Å². The first-order chi connectivity index (χ1) is 12.5. The maximum atomic E-state index is 13.0. The van der Waals surface area contributed by atoms with Crippen LogP contribution < -0.4 is 11.1 Å². The van der Waals surface area contributed by atoms with E-state index in [1.807, 2.05) is 60.7 Å². The Kier molecular flexibility index (Phi) is 7.09. The Morgan fingerprint density at radius 1 is 0.923 bits per heavy atom. The van der Waals surface area contributed by atoms with Gasteiger partial charge in [-0.2, -0.15) is 0 Å². The molecule has 2 rings (SSSR count). The highest BCUT2D eigenvalue weighted by atomic mass is 16.2. The number of benzene rings is 2. The first-order valence-electron chi connectivity index (χ1n) is 8.74. The van der Waals surface area contributed by atoms with Crippen molar-refractivity contribution in [2.24, 2.45) is 5.73 Å². The molecule has 2 aromatic rings. The number of hydrogen-bond acceptors (Lipinski definition) is 3. The Bertz CT molecular complexity index is 705. The fourth-order valence-electron chi connectivity index (χ4n) is 2.81. The van der Waals surface area contributed by atoms with Crippen LogP contribution >= 0.6 is 0 Å². The molecule has 0 saturated carbocycles. The van der Waals surface area contributed by atoms with Crippen molar-refractivity contribution < 1.29 is 14.4 Å². The van der Waals surface area contributed by atoms with Crippen molar-refractivity contribution in [3.63, 3.8) is 0 Å². The lowest BCUT2D eigenvalue weighted by Crippen LogP contribution is -2.46. The molecule has 2 amide bonds. The molecule has 5 nitrogen and oxygen atoms in total. The minimum absolute atomic E-state index is 0.0353. The van der Waals surface area contributed by atoms with Crippen LogP contribution in [0.25, 0.3) is 0 Å². The molecule has 0 radical (unpaired) electrons. The maximum absolute atomic E-state index is 13.0. The molecule has 0 fully saturated rings. The second-order valence-electron chi connectivity index (χ2n) is 6.15. The Balaban J connectivity index is 2.23. The Labute approximate surface area is 153 Å². The zero-order valence-corrected chi connectivity index (χ0v) is 14.9. The second-order valence-corrected chi connectivity index (χ2v) is 6.15. The van der Waals surface area contributed by atoms with Gasteiger partial charge in [-0.05, 0) is 17.5 Å². The highest BCUT2D eigenvalue weighted by molar-refractivity contribution is 5.92. The molecule has 0 saturated heterocycles. The van der Waals surface area contributed by atoms with E-state index in [-0.39, 0.29) is 24.5 Å². The third kappa shape index (κ3) is 5.28. The monoisotopic (exact) mass is 352 g/mol. The summed E-state index contributed by atoms with van der Waals surface area (Å²) in [6.45, 7) is 1.76. The van der Waals surface area contributed by atoms with E-state index in [2.05, 4.69) is 5.32 Å². The molecular formula is C21H24N2O3. The van der Waals surface area contributed by atoms with E-state index in [1.54, 1.807) is 6.92 Å². The summed E-state index contributed by atoms with van der Waals surface area (Å²) in [7, 11) is 0. The van der Waals surface area contributed by atoms with Gasteiger partial charge < -0.3 is 11.1 Å². The Morgan fingerprint density at radius 3 is 1.85 bits per heavy atom. The van der Waals surface area contributed by atoms with Crippen LogP contribution in [0.2, 0.25) is 0 Å². The van der Waals surface area contributed by atoms with Crippen LogP contribution in [-0.2, 0) is 14.4 Å². The van der Waals surface area contributed by atoms with E-state index in [9.17, 15) is 14.4 Å². The Hall–Kier alpha value is -2.95. The van der Waals surface area contributed by atoms with Crippen LogP contribution in [0.4, 0.5) is 0 Å².